The number of carbonyl (C=O) groups is 2. The van der Waals surface area contributed by atoms with E-state index >= 15 is 0 Å². The molecule has 0 bridgehead atoms. The van der Waals surface area contributed by atoms with Crippen molar-refractivity contribution in [3.63, 3.8) is 0 Å². The van der Waals surface area contributed by atoms with Gasteiger partial charge in [0.1, 0.15) is 6.61 Å². The number of alkyl carbamates (subject to hydrolysis) is 1. The van der Waals surface area contributed by atoms with E-state index in [-0.39, 0.29) is 25.0 Å². The van der Waals surface area contributed by atoms with E-state index in [9.17, 15) is 14.7 Å². The number of benzene rings is 2. The molecule has 2 N–H and O–H groups in total. The Morgan fingerprint density at radius 2 is 1.75 bits per heavy atom. The van der Waals surface area contributed by atoms with Crippen molar-refractivity contribution in [1.82, 2.24) is 15.1 Å². The minimum atomic E-state index is -1.50. The van der Waals surface area contributed by atoms with E-state index in [1.807, 2.05) is 36.4 Å². The summed E-state index contributed by atoms with van der Waals surface area (Å²) in [5.41, 5.74) is 2.95. The molecule has 2 aliphatic rings. The number of aromatic nitrogens is 2. The van der Waals surface area contributed by atoms with E-state index in [0.29, 0.717) is 17.9 Å². The first-order chi connectivity index (χ1) is 15.5. The number of hydrogen-bond acceptors (Lipinski definition) is 4. The minimum absolute atomic E-state index is 0.0239. The molecule has 1 aromatic heterocycles. The first-order valence-electron chi connectivity index (χ1n) is 10.5. The number of amides is 1. The van der Waals surface area contributed by atoms with Gasteiger partial charge in [0.25, 0.3) is 0 Å². The van der Waals surface area contributed by atoms with Gasteiger partial charge in [-0.1, -0.05) is 60.1 Å². The van der Waals surface area contributed by atoms with Gasteiger partial charge in [-0.05, 0) is 41.0 Å². The normalized spacial score (nSPS) is 16.7. The average Bonchev–Trinajstić information content (AvgIpc) is 3.49. The fraction of sp³-hybridized carbons (Fsp3) is 0.292. The van der Waals surface area contributed by atoms with Gasteiger partial charge >= 0.3 is 12.1 Å². The smallest absolute Gasteiger partial charge is 0.408 e. The van der Waals surface area contributed by atoms with Gasteiger partial charge in [-0.15, -0.1) is 0 Å². The standard InChI is InChI=1S/C24H22ClN3O4/c25-16-11-26-28(12-16)14-24(22(29)30,15-9-10-15)27-23(31)32-13-21-19-7-3-1-5-17(19)18-6-2-4-8-20(18)21/h1-8,11-12,15,21H,9-10,13-14H2,(H,27,31)(H,29,30). The van der Waals surface area contributed by atoms with Gasteiger partial charge in [0, 0.05) is 12.1 Å². The van der Waals surface area contributed by atoms with Crippen LogP contribution in [0, 0.1) is 5.92 Å². The van der Waals surface area contributed by atoms with Gasteiger partial charge in [0.15, 0.2) is 5.54 Å². The van der Waals surface area contributed by atoms with Crippen molar-refractivity contribution >= 4 is 23.7 Å². The van der Waals surface area contributed by atoms with Crippen LogP contribution in [0.4, 0.5) is 4.79 Å². The van der Waals surface area contributed by atoms with Gasteiger partial charge in [-0.3, -0.25) is 4.68 Å². The number of aliphatic carboxylic acids is 1. The van der Waals surface area contributed by atoms with Gasteiger partial charge in [-0.25, -0.2) is 9.59 Å². The van der Waals surface area contributed by atoms with E-state index in [1.165, 1.54) is 10.9 Å². The lowest BCUT2D eigenvalue weighted by molar-refractivity contribution is -0.146. The maximum Gasteiger partial charge on any atom is 0.408 e. The third kappa shape index (κ3) is 3.62. The van der Waals surface area contributed by atoms with Crippen molar-refractivity contribution < 1.29 is 19.4 Å². The van der Waals surface area contributed by atoms with Crippen molar-refractivity contribution in [3.05, 3.63) is 77.1 Å². The SMILES string of the molecule is O=C(NC(Cn1cc(Cl)cn1)(C(=O)O)C1CC1)OCC1c2ccccc2-c2ccccc21. The molecule has 3 aromatic rings. The monoisotopic (exact) mass is 451 g/mol. The number of ether oxygens (including phenoxy) is 1. The molecule has 1 amide bonds. The fourth-order valence-electron chi connectivity index (χ4n) is 4.64. The molecule has 2 aromatic carbocycles. The topological polar surface area (TPSA) is 93.5 Å². The maximum atomic E-state index is 12.8. The molecule has 1 atom stereocenters. The molecule has 1 saturated carbocycles. The summed E-state index contributed by atoms with van der Waals surface area (Å²) in [7, 11) is 0. The second-order valence-electron chi connectivity index (χ2n) is 8.36. The number of rotatable bonds is 7. The Bertz CT molecular complexity index is 1140. The van der Waals surface area contributed by atoms with E-state index in [1.54, 1.807) is 6.20 Å². The molecule has 2 aliphatic carbocycles. The quantitative estimate of drug-likeness (QED) is 0.558. The molecule has 32 heavy (non-hydrogen) atoms. The van der Waals surface area contributed by atoms with Crippen molar-refractivity contribution in [3.8, 4) is 11.1 Å². The number of nitrogens with zero attached hydrogens (tertiary/aromatic N) is 2. The Hall–Kier alpha value is -3.32. The highest BCUT2D eigenvalue weighted by molar-refractivity contribution is 6.30. The summed E-state index contributed by atoms with van der Waals surface area (Å²) in [4.78, 5) is 25.1. The zero-order valence-corrected chi connectivity index (χ0v) is 18.0. The highest BCUT2D eigenvalue weighted by Crippen LogP contribution is 2.45. The van der Waals surface area contributed by atoms with Gasteiger partial charge in [0.05, 0.1) is 17.8 Å². The summed E-state index contributed by atoms with van der Waals surface area (Å²) in [5, 5.41) is 17.2. The second-order valence-corrected chi connectivity index (χ2v) is 8.79. The Balaban J connectivity index is 1.34. The van der Waals surface area contributed by atoms with Crippen molar-refractivity contribution in [2.75, 3.05) is 6.61 Å². The molecule has 1 heterocycles. The Morgan fingerprint density at radius 1 is 1.12 bits per heavy atom. The molecule has 0 aliphatic heterocycles. The number of nitrogens with one attached hydrogen (secondary N) is 1. The molecule has 0 saturated heterocycles. The first-order valence-corrected chi connectivity index (χ1v) is 10.9. The predicted octanol–water partition coefficient (Wildman–Crippen LogP) is 4.31. The number of carboxylic acids is 1. The lowest BCUT2D eigenvalue weighted by Gasteiger charge is -2.30. The molecule has 1 unspecified atom stereocenters. The van der Waals surface area contributed by atoms with Gasteiger partial charge < -0.3 is 15.2 Å². The Morgan fingerprint density at radius 3 is 2.28 bits per heavy atom. The van der Waals surface area contributed by atoms with Crippen LogP contribution in [0.3, 0.4) is 0 Å². The van der Waals surface area contributed by atoms with Crippen LogP contribution in [0.5, 0.6) is 0 Å². The van der Waals surface area contributed by atoms with E-state index in [2.05, 4.69) is 22.5 Å². The zero-order chi connectivity index (χ0) is 22.3. The van der Waals surface area contributed by atoms with Gasteiger partial charge in [0.2, 0.25) is 0 Å². The molecule has 164 valence electrons. The summed E-state index contributed by atoms with van der Waals surface area (Å²) in [6, 6.07) is 16.1. The van der Waals surface area contributed by atoms with Crippen molar-refractivity contribution in [1.29, 1.82) is 0 Å². The molecule has 5 rings (SSSR count). The fourth-order valence-corrected chi connectivity index (χ4v) is 4.80. The third-order valence-corrected chi connectivity index (χ3v) is 6.53. The highest BCUT2D eigenvalue weighted by Gasteiger charge is 2.53. The van der Waals surface area contributed by atoms with Crippen molar-refractivity contribution in [2.24, 2.45) is 5.92 Å². The third-order valence-electron chi connectivity index (χ3n) is 6.34. The molecule has 1 fully saturated rings. The minimum Gasteiger partial charge on any atom is -0.479 e. The Kier molecular flexibility index (Phi) is 5.13. The molecule has 8 heteroatoms. The number of hydrogen-bond donors (Lipinski definition) is 2. The van der Waals surface area contributed by atoms with Crippen LogP contribution in [0.1, 0.15) is 29.9 Å². The largest absolute Gasteiger partial charge is 0.479 e. The van der Waals surface area contributed by atoms with Gasteiger partial charge in [-0.2, -0.15) is 5.10 Å². The summed E-state index contributed by atoms with van der Waals surface area (Å²) in [5.74, 6) is -1.40. The summed E-state index contributed by atoms with van der Waals surface area (Å²) >= 11 is 5.93. The molecule has 0 spiro atoms. The average molecular weight is 452 g/mol. The lowest BCUT2D eigenvalue weighted by atomic mass is 9.93. The van der Waals surface area contributed by atoms with Crippen LogP contribution in [0.2, 0.25) is 5.02 Å². The van der Waals surface area contributed by atoms with Crippen LogP contribution < -0.4 is 5.32 Å². The molecular weight excluding hydrogens is 430 g/mol. The molecule has 0 radical (unpaired) electrons. The highest BCUT2D eigenvalue weighted by atomic mass is 35.5. The van der Waals surface area contributed by atoms with Crippen LogP contribution in [-0.4, -0.2) is 39.1 Å². The Labute approximate surface area is 190 Å². The summed E-state index contributed by atoms with van der Waals surface area (Å²) in [6.45, 7) is 0.0950. The van der Waals surface area contributed by atoms with Crippen LogP contribution in [-0.2, 0) is 16.1 Å². The summed E-state index contributed by atoms with van der Waals surface area (Å²) in [6.07, 6.45) is 3.66. The molecule has 7 nitrogen and oxygen atoms in total. The number of fused-ring (bicyclic) bond motifs is 3. The number of carbonyl (C=O) groups excluding carboxylic acids is 1. The second kappa shape index (κ2) is 7.98. The maximum absolute atomic E-state index is 12.8. The van der Waals surface area contributed by atoms with Crippen molar-refractivity contribution in [2.45, 2.75) is 30.8 Å². The van der Waals surface area contributed by atoms with Crippen LogP contribution >= 0.6 is 11.6 Å². The van der Waals surface area contributed by atoms with Crippen LogP contribution in [0.15, 0.2) is 60.9 Å². The molecular formula is C24H22ClN3O4. The van der Waals surface area contributed by atoms with E-state index < -0.39 is 17.6 Å². The predicted molar refractivity (Wildman–Crippen MR) is 119 cm³/mol. The number of halogens is 1. The van der Waals surface area contributed by atoms with E-state index in [4.69, 9.17) is 16.3 Å². The number of carboxylic acid groups (broad SMARTS) is 1. The summed E-state index contributed by atoms with van der Waals surface area (Å²) < 4.78 is 7.04. The lowest BCUT2D eigenvalue weighted by Crippen LogP contribution is -2.59. The zero-order valence-electron chi connectivity index (χ0n) is 17.2. The first kappa shape index (κ1) is 20.6. The van der Waals surface area contributed by atoms with Crippen LogP contribution in [0.25, 0.3) is 11.1 Å². The van der Waals surface area contributed by atoms with E-state index in [0.717, 1.165) is 22.3 Å².